The summed E-state index contributed by atoms with van der Waals surface area (Å²) < 4.78 is 11.3. The van der Waals surface area contributed by atoms with E-state index in [4.69, 9.17) is 21.1 Å². The van der Waals surface area contributed by atoms with Crippen LogP contribution in [0.15, 0.2) is 42.5 Å². The number of benzene rings is 2. The minimum Gasteiger partial charge on any atom is -0.486 e. The van der Waals surface area contributed by atoms with Crippen molar-refractivity contribution in [1.29, 1.82) is 0 Å². The summed E-state index contributed by atoms with van der Waals surface area (Å²) in [5, 5.41) is 4.29. The lowest BCUT2D eigenvalue weighted by molar-refractivity contribution is 0.171. The Morgan fingerprint density at radius 2 is 1.84 bits per heavy atom. The van der Waals surface area contributed by atoms with Crippen LogP contribution in [0.4, 0.5) is 5.69 Å². The van der Waals surface area contributed by atoms with Crippen LogP contribution in [0.25, 0.3) is 0 Å². The van der Waals surface area contributed by atoms with Gasteiger partial charge in [-0.25, -0.2) is 0 Å². The van der Waals surface area contributed by atoms with Crippen molar-refractivity contribution in [2.75, 3.05) is 31.6 Å². The van der Waals surface area contributed by atoms with Crippen molar-refractivity contribution in [1.82, 2.24) is 4.90 Å². The summed E-state index contributed by atoms with van der Waals surface area (Å²) in [7, 11) is 0. The molecular weight excluding hydrogens is 336 g/mol. The summed E-state index contributed by atoms with van der Waals surface area (Å²) >= 11 is 6.43. The highest BCUT2D eigenvalue weighted by atomic mass is 35.5. The molecule has 2 aromatic rings. The van der Waals surface area contributed by atoms with Gasteiger partial charge >= 0.3 is 0 Å². The van der Waals surface area contributed by atoms with Crippen LogP contribution in [-0.4, -0.2) is 37.2 Å². The second kappa shape index (κ2) is 7.54. The number of likely N-dealkylation sites (tertiary alicyclic amines) is 1. The van der Waals surface area contributed by atoms with Crippen LogP contribution in [-0.2, 0) is 6.54 Å². The Kier molecular flexibility index (Phi) is 4.99. The van der Waals surface area contributed by atoms with E-state index >= 15 is 0 Å². The molecule has 25 heavy (non-hydrogen) atoms. The molecule has 4 rings (SSSR count). The van der Waals surface area contributed by atoms with Gasteiger partial charge in [0.05, 0.1) is 10.7 Å². The van der Waals surface area contributed by atoms with Crippen molar-refractivity contribution in [3.63, 3.8) is 0 Å². The number of halogens is 1. The number of anilines is 1. The normalized spacial score (nSPS) is 20.3. The molecule has 0 radical (unpaired) electrons. The largest absolute Gasteiger partial charge is 0.486 e. The number of fused-ring (bicyclic) bond motifs is 1. The number of nitrogens with zero attached hydrogens (tertiary/aromatic N) is 1. The summed E-state index contributed by atoms with van der Waals surface area (Å²) in [5.41, 5.74) is 2.29. The highest BCUT2D eigenvalue weighted by molar-refractivity contribution is 6.33. The standard InChI is InChI=1S/C20H23ClN2O2/c21-17-11-19-20(25-10-9-24-19)12-18(17)22-16-7-4-8-23(14-16)13-15-5-2-1-3-6-15/h1-3,5-6,11-12,16,22H,4,7-10,13-14H2. The molecule has 1 fully saturated rings. The third-order valence-corrected chi connectivity index (χ3v) is 5.06. The Morgan fingerprint density at radius 3 is 2.64 bits per heavy atom. The molecule has 5 heteroatoms. The number of ether oxygens (including phenoxy) is 2. The Labute approximate surface area is 153 Å². The molecule has 0 aliphatic carbocycles. The van der Waals surface area contributed by atoms with Crippen molar-refractivity contribution >= 4 is 17.3 Å². The fourth-order valence-corrected chi connectivity index (χ4v) is 3.76. The molecule has 4 nitrogen and oxygen atoms in total. The van der Waals surface area contributed by atoms with Gasteiger partial charge in [0.15, 0.2) is 11.5 Å². The lowest BCUT2D eigenvalue weighted by Gasteiger charge is -2.34. The van der Waals surface area contributed by atoms with Crippen molar-refractivity contribution in [2.24, 2.45) is 0 Å². The van der Waals surface area contributed by atoms with E-state index in [2.05, 4.69) is 40.5 Å². The first kappa shape index (κ1) is 16.6. The van der Waals surface area contributed by atoms with Crippen LogP contribution in [0.2, 0.25) is 5.02 Å². The predicted molar refractivity (Wildman–Crippen MR) is 101 cm³/mol. The molecule has 1 saturated heterocycles. The van der Waals surface area contributed by atoms with Gasteiger partial charge < -0.3 is 14.8 Å². The third-order valence-electron chi connectivity index (χ3n) is 4.75. The molecule has 0 aromatic heterocycles. The lowest BCUT2D eigenvalue weighted by Crippen LogP contribution is -2.41. The van der Waals surface area contributed by atoms with E-state index < -0.39 is 0 Å². The quantitative estimate of drug-likeness (QED) is 0.888. The number of nitrogens with one attached hydrogen (secondary N) is 1. The average Bonchev–Trinajstić information content (AvgIpc) is 2.63. The molecule has 2 aliphatic rings. The van der Waals surface area contributed by atoms with Crippen molar-refractivity contribution in [3.8, 4) is 11.5 Å². The minimum absolute atomic E-state index is 0.387. The first-order valence-electron chi connectivity index (χ1n) is 8.90. The van der Waals surface area contributed by atoms with Gasteiger partial charge in [0.1, 0.15) is 13.2 Å². The summed E-state index contributed by atoms with van der Waals surface area (Å²) in [5.74, 6) is 1.51. The first-order chi connectivity index (χ1) is 12.3. The molecular formula is C20H23ClN2O2. The second-order valence-electron chi connectivity index (χ2n) is 6.68. The monoisotopic (exact) mass is 358 g/mol. The van der Waals surface area contributed by atoms with Gasteiger partial charge in [-0.15, -0.1) is 0 Å². The molecule has 1 N–H and O–H groups in total. The van der Waals surface area contributed by atoms with E-state index in [0.717, 1.165) is 43.2 Å². The van der Waals surface area contributed by atoms with E-state index in [0.29, 0.717) is 24.3 Å². The maximum absolute atomic E-state index is 6.43. The average molecular weight is 359 g/mol. The maximum atomic E-state index is 6.43. The zero-order chi connectivity index (χ0) is 17.1. The third kappa shape index (κ3) is 4.02. The summed E-state index contributed by atoms with van der Waals surface area (Å²) in [4.78, 5) is 2.50. The van der Waals surface area contributed by atoms with Gasteiger partial charge in [-0.05, 0) is 24.9 Å². The van der Waals surface area contributed by atoms with Crippen molar-refractivity contribution < 1.29 is 9.47 Å². The second-order valence-corrected chi connectivity index (χ2v) is 7.09. The maximum Gasteiger partial charge on any atom is 0.163 e. The Hall–Kier alpha value is -1.91. The van der Waals surface area contributed by atoms with Crippen molar-refractivity contribution in [3.05, 3.63) is 53.1 Å². The van der Waals surface area contributed by atoms with Crippen LogP contribution < -0.4 is 14.8 Å². The van der Waals surface area contributed by atoms with Crippen LogP contribution in [0.3, 0.4) is 0 Å². The topological polar surface area (TPSA) is 33.7 Å². The van der Waals surface area contributed by atoms with E-state index in [-0.39, 0.29) is 0 Å². The zero-order valence-electron chi connectivity index (χ0n) is 14.2. The fraction of sp³-hybridized carbons (Fsp3) is 0.400. The SMILES string of the molecule is Clc1cc2c(cc1NC1CCCN(Cc3ccccc3)C1)OCCO2. The Balaban J connectivity index is 1.42. The summed E-state index contributed by atoms with van der Waals surface area (Å²) in [6, 6.07) is 14.8. The molecule has 1 atom stereocenters. The van der Waals surface area contributed by atoms with Gasteiger partial charge in [-0.2, -0.15) is 0 Å². The van der Waals surface area contributed by atoms with Crippen LogP contribution in [0.1, 0.15) is 18.4 Å². The highest BCUT2D eigenvalue weighted by Gasteiger charge is 2.22. The molecule has 0 saturated carbocycles. The molecule has 2 aromatic carbocycles. The molecule has 2 aliphatic heterocycles. The van der Waals surface area contributed by atoms with Crippen LogP contribution in [0, 0.1) is 0 Å². The predicted octanol–water partition coefficient (Wildman–Crippen LogP) is 4.19. The molecule has 2 heterocycles. The van der Waals surface area contributed by atoms with Gasteiger partial charge in [-0.3, -0.25) is 4.90 Å². The van der Waals surface area contributed by atoms with Gasteiger partial charge in [0, 0.05) is 31.3 Å². The summed E-state index contributed by atoms with van der Waals surface area (Å²) in [6.07, 6.45) is 2.34. The molecule has 132 valence electrons. The Bertz CT molecular complexity index is 723. The number of hydrogen-bond acceptors (Lipinski definition) is 4. The first-order valence-corrected chi connectivity index (χ1v) is 9.28. The lowest BCUT2D eigenvalue weighted by atomic mass is 10.0. The number of piperidine rings is 1. The van der Waals surface area contributed by atoms with E-state index in [1.54, 1.807) is 0 Å². The van der Waals surface area contributed by atoms with E-state index in [9.17, 15) is 0 Å². The number of hydrogen-bond donors (Lipinski definition) is 1. The van der Waals surface area contributed by atoms with Gasteiger partial charge in [0.25, 0.3) is 0 Å². The van der Waals surface area contributed by atoms with Crippen LogP contribution >= 0.6 is 11.6 Å². The smallest absolute Gasteiger partial charge is 0.163 e. The molecule has 1 unspecified atom stereocenters. The zero-order valence-corrected chi connectivity index (χ0v) is 15.0. The number of rotatable bonds is 4. The highest BCUT2D eigenvalue weighted by Crippen LogP contribution is 2.38. The molecule has 0 amide bonds. The van der Waals surface area contributed by atoms with E-state index in [1.165, 1.54) is 12.0 Å². The minimum atomic E-state index is 0.387. The summed E-state index contributed by atoms with van der Waals surface area (Å²) in [6.45, 7) is 4.31. The molecule has 0 bridgehead atoms. The van der Waals surface area contributed by atoms with Crippen molar-refractivity contribution in [2.45, 2.75) is 25.4 Å². The Morgan fingerprint density at radius 1 is 1.08 bits per heavy atom. The van der Waals surface area contributed by atoms with Crippen LogP contribution in [0.5, 0.6) is 11.5 Å². The van der Waals surface area contributed by atoms with E-state index in [1.807, 2.05) is 12.1 Å². The van der Waals surface area contributed by atoms with Gasteiger partial charge in [0.2, 0.25) is 0 Å². The fourth-order valence-electron chi connectivity index (χ4n) is 3.55. The van der Waals surface area contributed by atoms with Gasteiger partial charge in [-0.1, -0.05) is 41.9 Å². The molecule has 0 spiro atoms.